The highest BCUT2D eigenvalue weighted by Crippen LogP contribution is 2.27. The number of aliphatic imine (C=N–C) groups is 1. The van der Waals surface area contributed by atoms with Gasteiger partial charge in [-0.2, -0.15) is 0 Å². The van der Waals surface area contributed by atoms with Crippen molar-refractivity contribution >= 4 is 5.96 Å². The van der Waals surface area contributed by atoms with E-state index in [1.807, 2.05) is 19.6 Å². The van der Waals surface area contributed by atoms with Crippen molar-refractivity contribution in [2.45, 2.75) is 32.5 Å². The fourth-order valence-corrected chi connectivity index (χ4v) is 4.49. The molecule has 1 aromatic heterocycles. The zero-order valence-corrected chi connectivity index (χ0v) is 18.2. The van der Waals surface area contributed by atoms with Crippen molar-refractivity contribution in [1.82, 2.24) is 24.7 Å². The number of hydrogen-bond donors (Lipinski definition) is 1. The maximum atomic E-state index is 5.49. The monoisotopic (exact) mass is 410 g/mol. The summed E-state index contributed by atoms with van der Waals surface area (Å²) >= 11 is 0. The summed E-state index contributed by atoms with van der Waals surface area (Å²) in [5, 5.41) is 3.62. The van der Waals surface area contributed by atoms with E-state index in [2.05, 4.69) is 67.0 Å². The molecule has 2 aromatic rings. The van der Waals surface area contributed by atoms with Crippen LogP contribution < -0.4 is 5.32 Å². The zero-order valence-electron chi connectivity index (χ0n) is 18.2. The van der Waals surface area contributed by atoms with E-state index in [0.717, 1.165) is 64.9 Å². The van der Waals surface area contributed by atoms with Gasteiger partial charge in [0.05, 0.1) is 25.6 Å². The van der Waals surface area contributed by atoms with Crippen molar-refractivity contribution in [3.8, 4) is 0 Å². The molecule has 1 N–H and O–H groups in total. The molecule has 2 atom stereocenters. The summed E-state index contributed by atoms with van der Waals surface area (Å²) in [7, 11) is 1.88. The number of imidazole rings is 1. The van der Waals surface area contributed by atoms with Crippen LogP contribution in [0.5, 0.6) is 0 Å². The molecule has 2 aliphatic rings. The van der Waals surface area contributed by atoms with Crippen LogP contribution in [0, 0.1) is 5.92 Å². The molecule has 0 spiro atoms. The number of ether oxygens (including phenoxy) is 1. The second-order valence-electron chi connectivity index (χ2n) is 8.35. The van der Waals surface area contributed by atoms with Crippen LogP contribution in [0.25, 0.3) is 0 Å². The molecule has 1 aromatic carbocycles. The van der Waals surface area contributed by atoms with Gasteiger partial charge in [0.1, 0.15) is 0 Å². The first kappa shape index (κ1) is 20.9. The summed E-state index contributed by atoms with van der Waals surface area (Å²) in [4.78, 5) is 13.7. The summed E-state index contributed by atoms with van der Waals surface area (Å²) in [6, 6.07) is 9.15. The topological polar surface area (TPSA) is 57.9 Å². The Morgan fingerprint density at radius 1 is 1.20 bits per heavy atom. The number of aromatic nitrogens is 2. The standard InChI is InChI=1S/C23H34N6O/c1-19-7-9-28(17-22(19)29-10-8-25-18-29)23(24-2)26-15-20-5-3-4-6-21(20)16-27-11-13-30-14-12-27/h3-6,8,10,18-19,22H,7,9,11-17H2,1-2H3,(H,24,26). The van der Waals surface area contributed by atoms with E-state index >= 15 is 0 Å². The number of nitrogens with one attached hydrogen (secondary N) is 1. The molecule has 2 unspecified atom stereocenters. The molecule has 30 heavy (non-hydrogen) atoms. The average Bonchev–Trinajstić information content (AvgIpc) is 3.31. The number of hydrogen-bond acceptors (Lipinski definition) is 4. The Labute approximate surface area is 179 Å². The maximum Gasteiger partial charge on any atom is 0.193 e. The van der Waals surface area contributed by atoms with Gasteiger partial charge in [0.2, 0.25) is 0 Å². The average molecular weight is 411 g/mol. The van der Waals surface area contributed by atoms with E-state index in [-0.39, 0.29) is 0 Å². The minimum Gasteiger partial charge on any atom is -0.379 e. The van der Waals surface area contributed by atoms with E-state index in [4.69, 9.17) is 4.74 Å². The third-order valence-electron chi connectivity index (χ3n) is 6.39. The quantitative estimate of drug-likeness (QED) is 0.606. The summed E-state index contributed by atoms with van der Waals surface area (Å²) in [6.07, 6.45) is 7.02. The van der Waals surface area contributed by atoms with Crippen molar-refractivity contribution in [3.05, 3.63) is 54.1 Å². The number of rotatable bonds is 5. The molecule has 4 rings (SSSR count). The molecule has 0 saturated carbocycles. The van der Waals surface area contributed by atoms with Gasteiger partial charge < -0.3 is 19.5 Å². The Balaban J connectivity index is 1.39. The van der Waals surface area contributed by atoms with Crippen molar-refractivity contribution in [2.24, 2.45) is 10.9 Å². The molecule has 3 heterocycles. The molecule has 0 aliphatic carbocycles. The largest absolute Gasteiger partial charge is 0.379 e. The fraction of sp³-hybridized carbons (Fsp3) is 0.565. The van der Waals surface area contributed by atoms with Crippen molar-refractivity contribution < 1.29 is 4.74 Å². The summed E-state index contributed by atoms with van der Waals surface area (Å²) in [5.41, 5.74) is 2.72. The van der Waals surface area contributed by atoms with Crippen molar-refractivity contribution in [1.29, 1.82) is 0 Å². The first-order chi connectivity index (χ1) is 14.7. The van der Waals surface area contributed by atoms with Crippen LogP contribution in [0.3, 0.4) is 0 Å². The number of morpholine rings is 1. The third-order valence-corrected chi connectivity index (χ3v) is 6.39. The highest BCUT2D eigenvalue weighted by atomic mass is 16.5. The number of nitrogens with zero attached hydrogens (tertiary/aromatic N) is 5. The number of benzene rings is 1. The number of guanidine groups is 1. The molecule has 2 saturated heterocycles. The van der Waals surface area contributed by atoms with E-state index in [9.17, 15) is 0 Å². The Morgan fingerprint density at radius 3 is 2.73 bits per heavy atom. The lowest BCUT2D eigenvalue weighted by atomic mass is 9.93. The summed E-state index contributed by atoms with van der Waals surface area (Å²) in [5.74, 6) is 1.61. The van der Waals surface area contributed by atoms with Gasteiger partial charge in [0.15, 0.2) is 5.96 Å². The second kappa shape index (κ2) is 10.1. The summed E-state index contributed by atoms with van der Waals surface area (Å²) < 4.78 is 7.73. The van der Waals surface area contributed by atoms with Crippen molar-refractivity contribution in [3.63, 3.8) is 0 Å². The SMILES string of the molecule is CN=C(NCc1ccccc1CN1CCOCC1)N1CCC(C)C(n2ccnc2)C1. The molecule has 0 amide bonds. The molecule has 2 fully saturated rings. The number of piperidine rings is 1. The lowest BCUT2D eigenvalue weighted by molar-refractivity contribution is 0.0341. The van der Waals surface area contributed by atoms with E-state index in [1.54, 1.807) is 0 Å². The molecule has 2 aliphatic heterocycles. The smallest absolute Gasteiger partial charge is 0.193 e. The third kappa shape index (κ3) is 5.02. The number of likely N-dealkylation sites (tertiary alicyclic amines) is 1. The van der Waals surface area contributed by atoms with Crippen molar-refractivity contribution in [2.75, 3.05) is 46.4 Å². The zero-order chi connectivity index (χ0) is 20.8. The first-order valence-electron chi connectivity index (χ1n) is 11.0. The molecule has 162 valence electrons. The first-order valence-corrected chi connectivity index (χ1v) is 11.0. The van der Waals surface area contributed by atoms with Gasteiger partial charge in [0.25, 0.3) is 0 Å². The highest BCUT2D eigenvalue weighted by Gasteiger charge is 2.28. The Hall–Kier alpha value is -2.38. The van der Waals surface area contributed by atoms with Crippen LogP contribution in [-0.2, 0) is 17.8 Å². The van der Waals surface area contributed by atoms with Crippen LogP contribution in [0.15, 0.2) is 48.0 Å². The van der Waals surface area contributed by atoms with Gasteiger partial charge >= 0.3 is 0 Å². The van der Waals surface area contributed by atoms with E-state index in [1.165, 1.54) is 11.1 Å². The lowest BCUT2D eigenvalue weighted by Gasteiger charge is -2.39. The Bertz CT molecular complexity index is 815. The maximum absolute atomic E-state index is 5.49. The predicted octanol–water partition coefficient (Wildman–Crippen LogP) is 2.37. The second-order valence-corrected chi connectivity index (χ2v) is 8.35. The molecular formula is C23H34N6O. The highest BCUT2D eigenvalue weighted by molar-refractivity contribution is 5.80. The molecule has 7 heteroatoms. The van der Waals surface area contributed by atoms with Gasteiger partial charge in [-0.1, -0.05) is 31.2 Å². The van der Waals surface area contributed by atoms with E-state index in [0.29, 0.717) is 12.0 Å². The van der Waals surface area contributed by atoms with Crippen LogP contribution in [-0.4, -0.2) is 71.8 Å². The van der Waals surface area contributed by atoms with Gasteiger partial charge in [-0.15, -0.1) is 0 Å². The normalized spacial score (nSPS) is 23.5. The minimum absolute atomic E-state index is 0.424. The molecular weight excluding hydrogens is 376 g/mol. The van der Waals surface area contributed by atoms with Crippen LogP contribution in [0.2, 0.25) is 0 Å². The lowest BCUT2D eigenvalue weighted by Crippen LogP contribution is -2.48. The van der Waals surface area contributed by atoms with E-state index < -0.39 is 0 Å². The van der Waals surface area contributed by atoms with Gasteiger partial charge in [-0.25, -0.2) is 4.98 Å². The molecule has 0 radical (unpaired) electrons. The van der Waals surface area contributed by atoms with Gasteiger partial charge in [-0.3, -0.25) is 9.89 Å². The van der Waals surface area contributed by atoms with Crippen LogP contribution >= 0.6 is 0 Å². The molecule has 7 nitrogen and oxygen atoms in total. The molecule has 0 bridgehead atoms. The van der Waals surface area contributed by atoms with Crippen LogP contribution in [0.4, 0.5) is 0 Å². The van der Waals surface area contributed by atoms with Gasteiger partial charge in [0, 0.05) is 58.7 Å². The summed E-state index contributed by atoms with van der Waals surface area (Å²) in [6.45, 7) is 9.75. The fourth-order valence-electron chi connectivity index (χ4n) is 4.49. The van der Waals surface area contributed by atoms with Gasteiger partial charge in [-0.05, 0) is 23.5 Å². The minimum atomic E-state index is 0.424. The Morgan fingerprint density at radius 2 is 2.00 bits per heavy atom. The van der Waals surface area contributed by atoms with Crippen LogP contribution in [0.1, 0.15) is 30.5 Å². The Kier molecular flexibility index (Phi) is 7.02. The predicted molar refractivity (Wildman–Crippen MR) is 119 cm³/mol.